The molecule has 2 aromatic carbocycles. The maximum atomic E-state index is 14.2. The van der Waals surface area contributed by atoms with Gasteiger partial charge in [0.15, 0.2) is 0 Å². The summed E-state index contributed by atoms with van der Waals surface area (Å²) in [5.41, 5.74) is 3.08. The number of hydrogen-bond donors (Lipinski definition) is 0. The molecule has 5 rings (SSSR count). The van der Waals surface area contributed by atoms with E-state index in [4.69, 9.17) is 16.3 Å². The summed E-state index contributed by atoms with van der Waals surface area (Å²) >= 11 is 8.30. The summed E-state index contributed by atoms with van der Waals surface area (Å²) < 4.78 is 7.09. The maximum Gasteiger partial charge on any atom is 0.266 e. The fraction of sp³-hybridized carbons (Fsp3) is 0.375. The quantitative estimate of drug-likeness (QED) is 0.217. The van der Waals surface area contributed by atoms with E-state index in [1.54, 1.807) is 0 Å². The van der Waals surface area contributed by atoms with Crippen molar-refractivity contribution >= 4 is 44.7 Å². The van der Waals surface area contributed by atoms with Gasteiger partial charge in [0.05, 0.1) is 11.6 Å². The Labute approximate surface area is 240 Å². The molecule has 4 aromatic rings. The molecule has 2 heterocycles. The van der Waals surface area contributed by atoms with Gasteiger partial charge in [0.2, 0.25) is 0 Å². The number of anilines is 1. The van der Waals surface area contributed by atoms with Crippen LogP contribution in [0.5, 0.6) is 5.75 Å². The number of amides is 1. The Balaban J connectivity index is 1.53. The van der Waals surface area contributed by atoms with Gasteiger partial charge in [0.1, 0.15) is 16.4 Å². The molecule has 204 valence electrons. The van der Waals surface area contributed by atoms with Crippen molar-refractivity contribution in [2.75, 3.05) is 25.6 Å². The summed E-state index contributed by atoms with van der Waals surface area (Å²) in [6, 6.07) is 18.5. The standard InChI is InChI=1S/C32H36ClN3O2S/c1-5-38-27-16-12-22(23-13-17-29(34-19-23)35(3)4)18-24(27)20-36(25-14-10-21(2)11-15-25)32(37)31-30(33)26-8-6-7-9-28(26)39-31/h6-9,12-13,16-19,21,25H,5,10-11,14-15,20H2,1-4H3. The molecule has 0 N–H and O–H groups in total. The summed E-state index contributed by atoms with van der Waals surface area (Å²) in [5.74, 6) is 2.41. The second-order valence-corrected chi connectivity index (χ2v) is 12.1. The Morgan fingerprint density at radius 2 is 1.79 bits per heavy atom. The smallest absolute Gasteiger partial charge is 0.266 e. The van der Waals surface area contributed by atoms with E-state index in [9.17, 15) is 4.79 Å². The third-order valence-electron chi connectivity index (χ3n) is 7.66. The number of rotatable bonds is 8. The van der Waals surface area contributed by atoms with Crippen molar-refractivity contribution in [2.45, 2.75) is 52.1 Å². The number of pyridine rings is 1. The average molecular weight is 562 g/mol. The van der Waals surface area contributed by atoms with Gasteiger partial charge in [0.25, 0.3) is 5.91 Å². The molecule has 1 saturated carbocycles. The third-order valence-corrected chi connectivity index (χ3v) is 9.32. The predicted octanol–water partition coefficient (Wildman–Crippen LogP) is 8.30. The lowest BCUT2D eigenvalue weighted by Crippen LogP contribution is -2.41. The van der Waals surface area contributed by atoms with Gasteiger partial charge < -0.3 is 14.5 Å². The van der Waals surface area contributed by atoms with Crippen LogP contribution in [0.25, 0.3) is 21.2 Å². The second-order valence-electron chi connectivity index (χ2n) is 10.6. The molecule has 1 aliphatic rings. The molecule has 2 aromatic heterocycles. The van der Waals surface area contributed by atoms with Gasteiger partial charge in [-0.3, -0.25) is 4.79 Å². The number of hydrogen-bond acceptors (Lipinski definition) is 5. The molecule has 1 amide bonds. The number of halogens is 1. The molecule has 0 atom stereocenters. The minimum atomic E-state index is 0.00519. The molecule has 0 aliphatic heterocycles. The molecular weight excluding hydrogens is 526 g/mol. The van der Waals surface area contributed by atoms with Crippen LogP contribution in [0.2, 0.25) is 5.02 Å². The fourth-order valence-electron chi connectivity index (χ4n) is 5.39. The summed E-state index contributed by atoms with van der Waals surface area (Å²) in [7, 11) is 3.97. The predicted molar refractivity (Wildman–Crippen MR) is 163 cm³/mol. The van der Waals surface area contributed by atoms with Crippen molar-refractivity contribution in [1.29, 1.82) is 0 Å². The fourth-order valence-corrected chi connectivity index (χ4v) is 6.85. The number of thiophene rings is 1. The van der Waals surface area contributed by atoms with Gasteiger partial charge in [-0.2, -0.15) is 0 Å². The van der Waals surface area contributed by atoms with E-state index in [1.165, 1.54) is 11.3 Å². The zero-order valence-corrected chi connectivity index (χ0v) is 24.7. The lowest BCUT2D eigenvalue weighted by atomic mass is 9.86. The highest BCUT2D eigenvalue weighted by Crippen LogP contribution is 2.39. The first-order chi connectivity index (χ1) is 18.9. The summed E-state index contributed by atoms with van der Waals surface area (Å²) in [4.78, 5) is 23.5. The molecular formula is C32H36ClN3O2S. The molecule has 0 radical (unpaired) electrons. The van der Waals surface area contributed by atoms with Crippen LogP contribution in [0.4, 0.5) is 5.82 Å². The van der Waals surface area contributed by atoms with Crippen LogP contribution in [0, 0.1) is 5.92 Å². The van der Waals surface area contributed by atoms with Crippen LogP contribution < -0.4 is 9.64 Å². The molecule has 0 spiro atoms. The van der Waals surface area contributed by atoms with E-state index < -0.39 is 0 Å². The zero-order valence-electron chi connectivity index (χ0n) is 23.1. The van der Waals surface area contributed by atoms with Crippen LogP contribution in [0.15, 0.2) is 60.8 Å². The van der Waals surface area contributed by atoms with Crippen LogP contribution in [0.3, 0.4) is 0 Å². The van der Waals surface area contributed by atoms with Crippen LogP contribution in [-0.4, -0.2) is 42.5 Å². The highest BCUT2D eigenvalue weighted by molar-refractivity contribution is 7.21. The Kier molecular flexibility index (Phi) is 8.43. The largest absolute Gasteiger partial charge is 0.494 e. The van der Waals surface area contributed by atoms with E-state index in [2.05, 4.69) is 35.0 Å². The number of nitrogens with zero attached hydrogens (tertiary/aromatic N) is 3. The highest BCUT2D eigenvalue weighted by Gasteiger charge is 2.31. The van der Waals surface area contributed by atoms with Crippen molar-refractivity contribution in [2.24, 2.45) is 5.92 Å². The second kappa shape index (κ2) is 12.0. The molecule has 39 heavy (non-hydrogen) atoms. The van der Waals surface area contributed by atoms with E-state index in [0.29, 0.717) is 29.0 Å². The number of ether oxygens (including phenoxy) is 1. The Hall–Kier alpha value is -3.09. The highest BCUT2D eigenvalue weighted by atomic mass is 35.5. The molecule has 0 saturated heterocycles. The molecule has 1 aliphatic carbocycles. The summed E-state index contributed by atoms with van der Waals surface area (Å²) in [6.07, 6.45) is 6.13. The van der Waals surface area contributed by atoms with Gasteiger partial charge in [-0.15, -0.1) is 11.3 Å². The first-order valence-corrected chi connectivity index (χ1v) is 14.9. The van der Waals surface area contributed by atoms with Crippen molar-refractivity contribution < 1.29 is 9.53 Å². The lowest BCUT2D eigenvalue weighted by Gasteiger charge is -2.36. The van der Waals surface area contributed by atoms with Crippen molar-refractivity contribution in [1.82, 2.24) is 9.88 Å². The first-order valence-electron chi connectivity index (χ1n) is 13.7. The molecule has 0 unspecified atom stereocenters. The Morgan fingerprint density at radius 3 is 2.46 bits per heavy atom. The lowest BCUT2D eigenvalue weighted by molar-refractivity contribution is 0.0596. The number of benzene rings is 2. The van der Waals surface area contributed by atoms with Crippen LogP contribution >= 0.6 is 22.9 Å². The van der Waals surface area contributed by atoms with Gasteiger partial charge >= 0.3 is 0 Å². The Morgan fingerprint density at radius 1 is 1.05 bits per heavy atom. The summed E-state index contributed by atoms with van der Waals surface area (Å²) in [5, 5.41) is 1.50. The topological polar surface area (TPSA) is 45.7 Å². The first kappa shape index (κ1) is 27.5. The van der Waals surface area contributed by atoms with Crippen LogP contribution in [-0.2, 0) is 6.54 Å². The third kappa shape index (κ3) is 5.92. The number of carbonyl (C=O) groups excluding carboxylic acids is 1. The van der Waals surface area contributed by atoms with Gasteiger partial charge in [-0.05, 0) is 74.4 Å². The monoisotopic (exact) mass is 561 g/mol. The van der Waals surface area contributed by atoms with Gasteiger partial charge in [-0.25, -0.2) is 4.98 Å². The minimum Gasteiger partial charge on any atom is -0.494 e. The van der Waals surface area contributed by atoms with Crippen molar-refractivity contribution in [3.8, 4) is 16.9 Å². The van der Waals surface area contributed by atoms with Gasteiger partial charge in [0, 0.05) is 54.1 Å². The van der Waals surface area contributed by atoms with E-state index in [0.717, 1.165) is 64.0 Å². The average Bonchev–Trinajstić information content (AvgIpc) is 3.29. The zero-order chi connectivity index (χ0) is 27.5. The number of fused-ring (bicyclic) bond motifs is 1. The number of carbonyl (C=O) groups is 1. The van der Waals surface area contributed by atoms with E-state index >= 15 is 0 Å². The van der Waals surface area contributed by atoms with E-state index in [1.807, 2.05) is 68.5 Å². The van der Waals surface area contributed by atoms with E-state index in [-0.39, 0.29) is 11.9 Å². The number of aromatic nitrogens is 1. The van der Waals surface area contributed by atoms with Crippen molar-refractivity contribution in [3.63, 3.8) is 0 Å². The molecule has 1 fully saturated rings. The molecule has 0 bridgehead atoms. The van der Waals surface area contributed by atoms with Crippen LogP contribution in [0.1, 0.15) is 54.8 Å². The Bertz CT molecular complexity index is 1440. The minimum absolute atomic E-state index is 0.00519. The van der Waals surface area contributed by atoms with Gasteiger partial charge in [-0.1, -0.05) is 42.8 Å². The SMILES string of the molecule is CCOc1ccc(-c2ccc(N(C)C)nc2)cc1CN(C(=O)c1sc2ccccc2c1Cl)C1CCC(C)CC1. The normalized spacial score (nSPS) is 17.3. The molecule has 7 heteroatoms. The summed E-state index contributed by atoms with van der Waals surface area (Å²) in [6.45, 7) is 5.32. The maximum absolute atomic E-state index is 14.2. The van der Waals surface area contributed by atoms with Crippen molar-refractivity contribution in [3.05, 3.63) is 76.3 Å². The molecule has 5 nitrogen and oxygen atoms in total.